The summed E-state index contributed by atoms with van der Waals surface area (Å²) < 4.78 is 1.51. The van der Waals surface area contributed by atoms with E-state index in [-0.39, 0.29) is 23.5 Å². The van der Waals surface area contributed by atoms with Crippen molar-refractivity contribution in [2.24, 2.45) is 4.99 Å². The molecule has 2 heterocycles. The van der Waals surface area contributed by atoms with Crippen molar-refractivity contribution in [1.82, 2.24) is 9.55 Å². The lowest BCUT2D eigenvalue weighted by atomic mass is 10.2. The summed E-state index contributed by atoms with van der Waals surface area (Å²) in [4.78, 5) is 21.2. The number of pyridine rings is 2. The number of nitrogens with zero attached hydrogens (tertiary/aromatic N) is 3. The van der Waals surface area contributed by atoms with Crippen LogP contribution in [0.15, 0.2) is 35.5 Å². The van der Waals surface area contributed by atoms with Crippen LogP contribution in [0.3, 0.4) is 0 Å². The molecule has 0 fully saturated rings. The van der Waals surface area contributed by atoms with Crippen LogP contribution >= 0.6 is 23.2 Å². The van der Waals surface area contributed by atoms with Crippen molar-refractivity contribution in [2.75, 3.05) is 0 Å². The number of hydrogen-bond acceptors (Lipinski definition) is 3. The molecule has 0 aliphatic heterocycles. The molecular formula is C16H17Cl2N3O. The van der Waals surface area contributed by atoms with Crippen molar-refractivity contribution < 1.29 is 4.79 Å². The zero-order valence-corrected chi connectivity index (χ0v) is 14.2. The quantitative estimate of drug-likeness (QED) is 0.802. The second kappa shape index (κ2) is 7.07. The normalized spacial score (nSPS) is 12.0. The number of halogens is 2. The monoisotopic (exact) mass is 337 g/mol. The van der Waals surface area contributed by atoms with Crippen LogP contribution in [0.1, 0.15) is 29.9 Å². The maximum Gasteiger partial charge on any atom is 0.236 e. The van der Waals surface area contributed by atoms with Crippen LogP contribution in [0.4, 0.5) is 0 Å². The van der Waals surface area contributed by atoms with Crippen LogP contribution in [0, 0.1) is 6.92 Å². The number of aromatic nitrogens is 2. The van der Waals surface area contributed by atoms with Crippen molar-refractivity contribution in [3.05, 3.63) is 57.4 Å². The molecule has 2 aromatic rings. The number of hydrogen-bond donors (Lipinski definition) is 0. The molecule has 6 heteroatoms. The van der Waals surface area contributed by atoms with Gasteiger partial charge in [-0.15, -0.1) is 0 Å². The number of aryl methyl sites for hydroxylation is 1. The summed E-state index contributed by atoms with van der Waals surface area (Å²) >= 11 is 12.3. The smallest absolute Gasteiger partial charge is 0.236 e. The van der Waals surface area contributed by atoms with E-state index in [0.717, 1.165) is 0 Å². The lowest BCUT2D eigenvalue weighted by molar-refractivity contribution is 0.0908. The minimum Gasteiger partial charge on any atom is -0.274 e. The Morgan fingerprint density at radius 3 is 2.73 bits per heavy atom. The largest absolute Gasteiger partial charge is 0.274 e. The molecule has 0 saturated carbocycles. The minimum absolute atomic E-state index is 0.0697. The molecule has 116 valence electrons. The summed E-state index contributed by atoms with van der Waals surface area (Å²) in [5, 5.41) is 0.710. The molecule has 0 aliphatic carbocycles. The third-order valence-corrected chi connectivity index (χ3v) is 3.62. The summed E-state index contributed by atoms with van der Waals surface area (Å²) in [6.07, 6.45) is 1.76. The van der Waals surface area contributed by atoms with E-state index in [0.29, 0.717) is 21.8 Å². The summed E-state index contributed by atoms with van der Waals surface area (Å²) in [5.74, 6) is -0.158. The highest BCUT2D eigenvalue weighted by Gasteiger charge is 2.14. The Hall–Kier alpha value is -1.65. The fourth-order valence-corrected chi connectivity index (χ4v) is 2.70. The second-order valence-electron chi connectivity index (χ2n) is 5.24. The SMILES string of the molecule is Cc1cc(Cl)c(CC(=O)n2ccccc2=NC(C)C)c(Cl)n1. The second-order valence-corrected chi connectivity index (χ2v) is 6.00. The topological polar surface area (TPSA) is 47.2 Å². The van der Waals surface area contributed by atoms with Gasteiger partial charge in [0.25, 0.3) is 0 Å². The van der Waals surface area contributed by atoms with Gasteiger partial charge in [-0.05, 0) is 39.0 Å². The maximum absolute atomic E-state index is 12.6. The average molecular weight is 338 g/mol. The zero-order valence-electron chi connectivity index (χ0n) is 12.7. The van der Waals surface area contributed by atoms with Gasteiger partial charge in [-0.1, -0.05) is 29.3 Å². The first-order chi connectivity index (χ1) is 10.4. The Morgan fingerprint density at radius 2 is 2.09 bits per heavy atom. The van der Waals surface area contributed by atoms with E-state index in [1.807, 2.05) is 19.9 Å². The van der Waals surface area contributed by atoms with Crippen LogP contribution < -0.4 is 5.49 Å². The van der Waals surface area contributed by atoms with E-state index in [1.165, 1.54) is 4.57 Å². The standard InChI is InChI=1S/C16H17Cl2N3O/c1-10(2)19-14-6-4-5-7-21(14)15(22)9-12-13(17)8-11(3)20-16(12)18/h4-8,10H,9H2,1-3H3. The van der Waals surface area contributed by atoms with E-state index in [1.54, 1.807) is 31.3 Å². The molecule has 0 aliphatic rings. The van der Waals surface area contributed by atoms with Crippen LogP contribution in [0.25, 0.3) is 0 Å². The Kier molecular flexibility index (Phi) is 5.37. The molecule has 0 atom stereocenters. The number of rotatable bonds is 3. The molecule has 0 spiro atoms. The molecule has 22 heavy (non-hydrogen) atoms. The highest BCUT2D eigenvalue weighted by molar-refractivity contribution is 6.35. The molecule has 0 N–H and O–H groups in total. The molecule has 2 rings (SSSR count). The van der Waals surface area contributed by atoms with Gasteiger partial charge in [0, 0.05) is 28.5 Å². The van der Waals surface area contributed by atoms with E-state index in [4.69, 9.17) is 23.2 Å². The van der Waals surface area contributed by atoms with Gasteiger partial charge in [0.2, 0.25) is 5.91 Å². The Bertz CT molecular complexity index is 743. The van der Waals surface area contributed by atoms with Gasteiger partial charge in [-0.3, -0.25) is 14.4 Å². The highest BCUT2D eigenvalue weighted by Crippen LogP contribution is 2.24. The maximum atomic E-state index is 12.6. The van der Waals surface area contributed by atoms with E-state index < -0.39 is 0 Å². The van der Waals surface area contributed by atoms with Gasteiger partial charge in [0.1, 0.15) is 10.6 Å². The van der Waals surface area contributed by atoms with Crippen LogP contribution in [-0.4, -0.2) is 21.5 Å². The van der Waals surface area contributed by atoms with Crippen molar-refractivity contribution in [3.63, 3.8) is 0 Å². The van der Waals surface area contributed by atoms with Crippen LogP contribution in [-0.2, 0) is 6.42 Å². The minimum atomic E-state index is -0.158. The Labute approximate surface area is 139 Å². The van der Waals surface area contributed by atoms with Crippen LogP contribution in [0.5, 0.6) is 0 Å². The van der Waals surface area contributed by atoms with Gasteiger partial charge in [-0.25, -0.2) is 4.98 Å². The fraction of sp³-hybridized carbons (Fsp3) is 0.312. The van der Waals surface area contributed by atoms with Crippen molar-refractivity contribution in [2.45, 2.75) is 33.2 Å². The first-order valence-corrected chi connectivity index (χ1v) is 7.70. The molecule has 4 nitrogen and oxygen atoms in total. The lowest BCUT2D eigenvalue weighted by Crippen LogP contribution is -2.28. The van der Waals surface area contributed by atoms with Gasteiger partial charge in [0.15, 0.2) is 0 Å². The molecule has 0 amide bonds. The predicted octanol–water partition coefficient (Wildman–Crippen LogP) is 3.69. The molecule has 0 bridgehead atoms. The van der Waals surface area contributed by atoms with Crippen LogP contribution in [0.2, 0.25) is 10.2 Å². The molecular weight excluding hydrogens is 321 g/mol. The summed E-state index contributed by atoms with van der Waals surface area (Å²) in [6.45, 7) is 5.72. The van der Waals surface area contributed by atoms with E-state index in [2.05, 4.69) is 9.98 Å². The molecule has 2 aromatic heterocycles. The number of carbonyl (C=O) groups is 1. The third kappa shape index (κ3) is 3.96. The molecule has 0 aromatic carbocycles. The third-order valence-electron chi connectivity index (χ3n) is 2.97. The predicted molar refractivity (Wildman–Crippen MR) is 88.5 cm³/mol. The van der Waals surface area contributed by atoms with Crippen molar-refractivity contribution >= 4 is 29.1 Å². The lowest BCUT2D eigenvalue weighted by Gasteiger charge is -2.10. The Balaban J connectivity index is 2.39. The van der Waals surface area contributed by atoms with Gasteiger partial charge in [0.05, 0.1) is 6.42 Å². The molecule has 0 saturated heterocycles. The van der Waals surface area contributed by atoms with E-state index >= 15 is 0 Å². The average Bonchev–Trinajstić information content (AvgIpc) is 2.42. The first-order valence-electron chi connectivity index (χ1n) is 6.94. The van der Waals surface area contributed by atoms with Gasteiger partial charge < -0.3 is 0 Å². The molecule has 0 radical (unpaired) electrons. The Morgan fingerprint density at radius 1 is 1.36 bits per heavy atom. The first kappa shape index (κ1) is 16.7. The molecule has 0 unspecified atom stereocenters. The zero-order chi connectivity index (χ0) is 16.3. The summed E-state index contributed by atoms with van der Waals surface area (Å²) in [7, 11) is 0. The fourth-order valence-electron chi connectivity index (χ4n) is 2.03. The highest BCUT2D eigenvalue weighted by atomic mass is 35.5. The van der Waals surface area contributed by atoms with Crippen molar-refractivity contribution in [3.8, 4) is 0 Å². The van der Waals surface area contributed by atoms with Gasteiger partial charge in [-0.2, -0.15) is 0 Å². The van der Waals surface area contributed by atoms with E-state index in [9.17, 15) is 4.79 Å². The summed E-state index contributed by atoms with van der Waals surface area (Å²) in [6, 6.07) is 7.22. The number of carbonyl (C=O) groups excluding carboxylic acids is 1. The van der Waals surface area contributed by atoms with Gasteiger partial charge >= 0.3 is 0 Å². The van der Waals surface area contributed by atoms with Crippen molar-refractivity contribution in [1.29, 1.82) is 0 Å². The summed E-state index contributed by atoms with van der Waals surface area (Å²) in [5.41, 5.74) is 1.86.